The molecule has 1 aliphatic rings. The zero-order valence-corrected chi connectivity index (χ0v) is 18.4. The van der Waals surface area contributed by atoms with Gasteiger partial charge in [-0.1, -0.05) is 20.4 Å². The van der Waals surface area contributed by atoms with Crippen molar-refractivity contribution in [2.24, 2.45) is 5.92 Å². The van der Waals surface area contributed by atoms with E-state index in [2.05, 4.69) is 6.58 Å². The number of aliphatic hydroxyl groups is 1. The van der Waals surface area contributed by atoms with Gasteiger partial charge in [0.15, 0.2) is 0 Å². The van der Waals surface area contributed by atoms with E-state index in [-0.39, 0.29) is 31.3 Å². The number of carboxylic acids is 3. The lowest BCUT2D eigenvalue weighted by Crippen LogP contribution is -2.53. The zero-order valence-electron chi connectivity index (χ0n) is 18.4. The number of aliphatic carboxylic acids is 3. The van der Waals surface area contributed by atoms with Crippen molar-refractivity contribution in [1.82, 2.24) is 19.6 Å². The molecule has 1 unspecified atom stereocenters. The molecule has 0 saturated carbocycles. The highest BCUT2D eigenvalue weighted by Gasteiger charge is 2.30. The molecule has 31 heavy (non-hydrogen) atoms. The third-order valence-corrected chi connectivity index (χ3v) is 5.27. The lowest BCUT2D eigenvalue weighted by molar-refractivity contribution is -0.146. The molecule has 0 spiro atoms. The quantitative estimate of drug-likeness (QED) is 0.343. The second-order valence-electron chi connectivity index (χ2n) is 8.25. The average Bonchev–Trinajstić information content (AvgIpc) is 2.61. The van der Waals surface area contributed by atoms with Gasteiger partial charge in [-0.15, -0.1) is 0 Å². The highest BCUT2D eigenvalue weighted by molar-refractivity contribution is 5.73. The number of hydrogen-bond donors (Lipinski definition) is 4. The highest BCUT2D eigenvalue weighted by Crippen LogP contribution is 2.13. The topological polar surface area (TPSA) is 145 Å². The molecule has 0 bridgehead atoms. The van der Waals surface area contributed by atoms with Crippen LogP contribution in [0.1, 0.15) is 13.8 Å². The molecule has 11 heteroatoms. The maximum Gasteiger partial charge on any atom is 0.321 e. The largest absolute Gasteiger partial charge is 0.512 e. The maximum atomic E-state index is 11.9. The summed E-state index contributed by atoms with van der Waals surface area (Å²) >= 11 is 0. The maximum absolute atomic E-state index is 11.9. The summed E-state index contributed by atoms with van der Waals surface area (Å²) < 4.78 is 0. The van der Waals surface area contributed by atoms with Crippen molar-refractivity contribution < 1.29 is 34.8 Å². The van der Waals surface area contributed by atoms with Gasteiger partial charge in [0.1, 0.15) is 6.04 Å². The molecule has 0 radical (unpaired) electrons. The molecule has 1 aliphatic heterocycles. The first-order valence-corrected chi connectivity index (χ1v) is 10.4. The van der Waals surface area contributed by atoms with Gasteiger partial charge in [0.25, 0.3) is 0 Å². The van der Waals surface area contributed by atoms with Crippen molar-refractivity contribution in [2.45, 2.75) is 19.9 Å². The fourth-order valence-corrected chi connectivity index (χ4v) is 3.81. The van der Waals surface area contributed by atoms with Crippen molar-refractivity contribution in [3.8, 4) is 0 Å². The van der Waals surface area contributed by atoms with Crippen LogP contribution >= 0.6 is 0 Å². The Morgan fingerprint density at radius 2 is 1.06 bits per heavy atom. The van der Waals surface area contributed by atoms with E-state index in [0.29, 0.717) is 52.4 Å². The van der Waals surface area contributed by atoms with Crippen molar-refractivity contribution in [3.63, 3.8) is 0 Å². The predicted octanol–water partition coefficient (Wildman–Crippen LogP) is -0.442. The minimum Gasteiger partial charge on any atom is -0.512 e. The Morgan fingerprint density at radius 1 is 0.710 bits per heavy atom. The Balaban J connectivity index is 3.09. The van der Waals surface area contributed by atoms with Crippen LogP contribution in [0.2, 0.25) is 0 Å². The molecule has 11 nitrogen and oxygen atoms in total. The van der Waals surface area contributed by atoms with Gasteiger partial charge >= 0.3 is 17.9 Å². The fourth-order valence-electron chi connectivity index (χ4n) is 3.81. The molecule has 1 heterocycles. The number of aliphatic hydroxyl groups excluding tert-OH is 1. The van der Waals surface area contributed by atoms with Gasteiger partial charge in [0, 0.05) is 52.4 Å². The summed E-state index contributed by atoms with van der Waals surface area (Å²) in [6.45, 7) is 10.1. The van der Waals surface area contributed by atoms with Crippen molar-refractivity contribution in [3.05, 3.63) is 12.3 Å². The Bertz CT molecular complexity index is 597. The number of hydrogen-bond acceptors (Lipinski definition) is 8. The van der Waals surface area contributed by atoms with Crippen LogP contribution in [0, 0.1) is 5.92 Å². The van der Waals surface area contributed by atoms with Gasteiger partial charge in [-0.25, -0.2) is 0 Å². The molecule has 0 aliphatic carbocycles. The Kier molecular flexibility index (Phi) is 11.5. The first kappa shape index (κ1) is 26.8. The van der Waals surface area contributed by atoms with Crippen LogP contribution in [-0.2, 0) is 14.4 Å². The number of carbonyl (C=O) groups is 3. The SMILES string of the molecule is C=C(O)CN1CCN(CC(=O)O)CCN(C(C(=O)O)C(C)C)CCN(CC(=O)O)CC1. The Morgan fingerprint density at radius 3 is 1.35 bits per heavy atom. The lowest BCUT2D eigenvalue weighted by atomic mass is 10.0. The Labute approximate surface area is 183 Å². The number of nitrogens with zero attached hydrogens (tertiary/aromatic N) is 4. The van der Waals surface area contributed by atoms with Crippen LogP contribution < -0.4 is 0 Å². The Hall–Kier alpha value is -2.21. The standard InChI is InChI=1S/C20H36N4O7/c1-15(2)19(20(30)31)24-10-8-22(13-17(26)27)6-4-21(12-16(3)25)5-7-23(9-11-24)14-18(28)29/h15,19,25H,3-14H2,1-2H3,(H,26,27)(H,28,29)(H,30,31). The summed E-state index contributed by atoms with van der Waals surface area (Å²) in [5.41, 5.74) is 0. The monoisotopic (exact) mass is 444 g/mol. The van der Waals surface area contributed by atoms with E-state index < -0.39 is 23.9 Å². The van der Waals surface area contributed by atoms with E-state index in [1.807, 2.05) is 18.7 Å². The molecule has 0 aromatic carbocycles. The van der Waals surface area contributed by atoms with Crippen LogP contribution in [0.25, 0.3) is 0 Å². The molecule has 1 rings (SSSR count). The van der Waals surface area contributed by atoms with E-state index in [4.69, 9.17) is 0 Å². The summed E-state index contributed by atoms with van der Waals surface area (Å²) in [5.74, 6) is -3.08. The first-order valence-electron chi connectivity index (χ1n) is 10.4. The molecule has 0 aromatic heterocycles. The number of rotatable bonds is 9. The predicted molar refractivity (Wildman–Crippen MR) is 114 cm³/mol. The van der Waals surface area contributed by atoms with E-state index >= 15 is 0 Å². The van der Waals surface area contributed by atoms with Gasteiger partial charge in [-0.3, -0.25) is 34.0 Å². The van der Waals surface area contributed by atoms with Gasteiger partial charge in [-0.05, 0) is 5.92 Å². The molecule has 0 aromatic rings. The van der Waals surface area contributed by atoms with Gasteiger partial charge in [0.05, 0.1) is 25.4 Å². The molecule has 1 fully saturated rings. The summed E-state index contributed by atoms with van der Waals surface area (Å²) in [6, 6.07) is -0.754. The van der Waals surface area contributed by atoms with Crippen LogP contribution in [-0.4, -0.2) is 136 Å². The number of carboxylic acid groups (broad SMARTS) is 3. The van der Waals surface area contributed by atoms with Crippen molar-refractivity contribution in [2.75, 3.05) is 72.0 Å². The minimum atomic E-state index is -0.969. The second kappa shape index (κ2) is 13.3. The molecule has 4 N–H and O–H groups in total. The molecule has 0 amide bonds. The first-order chi connectivity index (χ1) is 14.5. The van der Waals surface area contributed by atoms with Crippen LogP contribution in [0.3, 0.4) is 0 Å². The van der Waals surface area contributed by atoms with E-state index in [1.54, 1.807) is 14.7 Å². The zero-order chi connectivity index (χ0) is 23.6. The van der Waals surface area contributed by atoms with E-state index in [9.17, 15) is 34.8 Å². The van der Waals surface area contributed by atoms with Crippen molar-refractivity contribution in [1.29, 1.82) is 0 Å². The van der Waals surface area contributed by atoms with Crippen LogP contribution in [0.15, 0.2) is 12.3 Å². The molecular formula is C20H36N4O7. The van der Waals surface area contributed by atoms with E-state index in [1.165, 1.54) is 0 Å². The van der Waals surface area contributed by atoms with Crippen molar-refractivity contribution >= 4 is 17.9 Å². The van der Waals surface area contributed by atoms with Gasteiger partial charge in [-0.2, -0.15) is 0 Å². The molecular weight excluding hydrogens is 408 g/mol. The molecule has 178 valence electrons. The summed E-state index contributed by atoms with van der Waals surface area (Å²) in [7, 11) is 0. The smallest absolute Gasteiger partial charge is 0.321 e. The fraction of sp³-hybridized carbons (Fsp3) is 0.750. The van der Waals surface area contributed by atoms with Gasteiger partial charge in [0.2, 0.25) is 0 Å². The normalized spacial score (nSPS) is 20.0. The minimum absolute atomic E-state index is 0.0194. The third kappa shape index (κ3) is 10.6. The van der Waals surface area contributed by atoms with E-state index in [0.717, 1.165) is 0 Å². The second-order valence-corrected chi connectivity index (χ2v) is 8.25. The van der Waals surface area contributed by atoms with Crippen LogP contribution in [0.5, 0.6) is 0 Å². The molecule has 1 saturated heterocycles. The summed E-state index contributed by atoms with van der Waals surface area (Å²) in [4.78, 5) is 41.7. The average molecular weight is 445 g/mol. The highest BCUT2D eigenvalue weighted by atomic mass is 16.4. The summed E-state index contributed by atoms with van der Waals surface area (Å²) in [6.07, 6.45) is 0. The van der Waals surface area contributed by atoms with Gasteiger partial charge < -0.3 is 20.4 Å². The van der Waals surface area contributed by atoms with Crippen LogP contribution in [0.4, 0.5) is 0 Å². The molecule has 1 atom stereocenters. The third-order valence-electron chi connectivity index (χ3n) is 5.27. The summed E-state index contributed by atoms with van der Waals surface area (Å²) in [5, 5.41) is 37.8. The lowest BCUT2D eigenvalue weighted by Gasteiger charge is -2.36.